The van der Waals surface area contributed by atoms with Crippen molar-refractivity contribution in [2.75, 3.05) is 0 Å². The SMILES string of the molecule is CC(C)(C)c1ccc(-c2ccccc2)c(C=NC2CCCCC2)c1O.[Cl][Zr][Cl]. The van der Waals surface area contributed by atoms with Crippen LogP contribution in [0.2, 0.25) is 0 Å². The van der Waals surface area contributed by atoms with Crippen LogP contribution in [0.25, 0.3) is 11.1 Å². The van der Waals surface area contributed by atoms with Crippen LogP contribution in [0, 0.1) is 0 Å². The van der Waals surface area contributed by atoms with Crippen molar-refractivity contribution in [3.05, 3.63) is 53.6 Å². The molecule has 0 amide bonds. The molecule has 2 nitrogen and oxygen atoms in total. The summed E-state index contributed by atoms with van der Waals surface area (Å²) in [4.78, 5) is 4.84. The molecule has 1 aliphatic carbocycles. The summed E-state index contributed by atoms with van der Waals surface area (Å²) in [6.45, 7) is 6.39. The normalized spacial score (nSPS) is 15.2. The maximum absolute atomic E-state index is 11.0. The monoisotopic (exact) mass is 495 g/mol. The number of phenols is 1. The second-order valence-electron chi connectivity index (χ2n) is 8.18. The molecule has 5 heteroatoms. The number of nitrogens with zero attached hydrogens (tertiary/aromatic N) is 1. The summed E-state index contributed by atoms with van der Waals surface area (Å²) in [5.41, 5.74) is 3.88. The Balaban J connectivity index is 0.000000878. The Kier molecular flexibility index (Phi) is 9.74. The Hall–Kier alpha value is -0.627. The molecule has 0 spiro atoms. The van der Waals surface area contributed by atoms with Gasteiger partial charge in [-0.25, -0.2) is 0 Å². The number of hydrogen-bond donors (Lipinski definition) is 1. The molecule has 150 valence electrons. The molecule has 0 bridgehead atoms. The van der Waals surface area contributed by atoms with Gasteiger partial charge < -0.3 is 5.11 Å². The summed E-state index contributed by atoms with van der Waals surface area (Å²) < 4.78 is 0. The van der Waals surface area contributed by atoms with Crippen LogP contribution in [0.5, 0.6) is 5.75 Å². The van der Waals surface area contributed by atoms with Crippen molar-refractivity contribution in [3.8, 4) is 16.9 Å². The van der Waals surface area contributed by atoms with Gasteiger partial charge in [-0.3, -0.25) is 4.99 Å². The van der Waals surface area contributed by atoms with Gasteiger partial charge in [0.15, 0.2) is 0 Å². The molecule has 28 heavy (non-hydrogen) atoms. The van der Waals surface area contributed by atoms with E-state index in [1.54, 1.807) is 0 Å². The van der Waals surface area contributed by atoms with E-state index in [2.05, 4.69) is 45.0 Å². The first-order chi connectivity index (χ1) is 13.4. The molecule has 2 aromatic carbocycles. The Morgan fingerprint density at radius 3 is 2.18 bits per heavy atom. The summed E-state index contributed by atoms with van der Waals surface area (Å²) in [5, 5.41) is 11.0. The van der Waals surface area contributed by atoms with Crippen molar-refractivity contribution < 1.29 is 26.0 Å². The predicted molar refractivity (Wildman–Crippen MR) is 118 cm³/mol. The van der Waals surface area contributed by atoms with Crippen LogP contribution in [-0.2, 0) is 26.3 Å². The van der Waals surface area contributed by atoms with Gasteiger partial charge in [-0.1, -0.05) is 82.5 Å². The molecule has 0 atom stereocenters. The zero-order chi connectivity index (χ0) is 20.6. The van der Waals surface area contributed by atoms with Crippen LogP contribution in [0.4, 0.5) is 0 Å². The number of aliphatic imine (C=N–C) groups is 1. The van der Waals surface area contributed by atoms with Crippen molar-refractivity contribution in [2.24, 2.45) is 4.99 Å². The third-order valence-electron chi connectivity index (χ3n) is 5.10. The first kappa shape index (κ1) is 23.7. The quantitative estimate of drug-likeness (QED) is 0.438. The van der Waals surface area contributed by atoms with Gasteiger partial charge in [-0.05, 0) is 34.9 Å². The van der Waals surface area contributed by atoms with E-state index in [4.69, 9.17) is 22.0 Å². The van der Waals surface area contributed by atoms with Crippen LogP contribution in [0.15, 0.2) is 47.5 Å². The Bertz CT molecular complexity index is 766. The first-order valence-electron chi connectivity index (χ1n) is 9.79. The van der Waals surface area contributed by atoms with E-state index in [1.807, 2.05) is 24.4 Å². The molecule has 0 aromatic heterocycles. The van der Waals surface area contributed by atoms with E-state index in [0.717, 1.165) is 35.1 Å². The Morgan fingerprint density at radius 2 is 1.61 bits per heavy atom. The summed E-state index contributed by atoms with van der Waals surface area (Å²) in [6.07, 6.45) is 8.10. The molecule has 0 aliphatic heterocycles. The molecule has 3 rings (SSSR count). The Labute approximate surface area is 188 Å². The van der Waals surface area contributed by atoms with Gasteiger partial charge in [0.25, 0.3) is 0 Å². The van der Waals surface area contributed by atoms with Crippen molar-refractivity contribution >= 4 is 23.2 Å². The number of hydrogen-bond acceptors (Lipinski definition) is 2. The number of halogens is 2. The van der Waals surface area contributed by atoms with Gasteiger partial charge in [0.1, 0.15) is 5.75 Å². The fourth-order valence-corrected chi connectivity index (χ4v) is 3.62. The van der Waals surface area contributed by atoms with Crippen LogP contribution >= 0.6 is 17.0 Å². The van der Waals surface area contributed by atoms with Crippen molar-refractivity contribution in [2.45, 2.75) is 64.3 Å². The number of aromatic hydroxyl groups is 1. The number of phenolic OH excluding ortho intramolecular Hbond substituents is 1. The molecule has 0 radical (unpaired) electrons. The van der Waals surface area contributed by atoms with Crippen molar-refractivity contribution in [3.63, 3.8) is 0 Å². The predicted octanol–water partition coefficient (Wildman–Crippen LogP) is 7.48. The minimum atomic E-state index is -0.826. The van der Waals surface area contributed by atoms with E-state index < -0.39 is 20.8 Å². The second-order valence-corrected chi connectivity index (χ2v) is 11.9. The fraction of sp³-hybridized carbons (Fsp3) is 0.435. The second kappa shape index (κ2) is 11.5. The summed E-state index contributed by atoms with van der Waals surface area (Å²) >= 11 is -0.826. The van der Waals surface area contributed by atoms with Crippen molar-refractivity contribution in [1.82, 2.24) is 0 Å². The minimum absolute atomic E-state index is 0.104. The molecule has 1 N–H and O–H groups in total. The fourth-order valence-electron chi connectivity index (χ4n) is 3.62. The Morgan fingerprint density at radius 1 is 1.00 bits per heavy atom. The number of rotatable bonds is 3. The van der Waals surface area contributed by atoms with E-state index in [-0.39, 0.29) is 5.41 Å². The van der Waals surface area contributed by atoms with Gasteiger partial charge in [-0.2, -0.15) is 0 Å². The molecule has 0 unspecified atom stereocenters. The van der Waals surface area contributed by atoms with E-state index in [9.17, 15) is 5.11 Å². The molecule has 2 aromatic rings. The van der Waals surface area contributed by atoms with Gasteiger partial charge in [0.05, 0.1) is 0 Å². The molecule has 1 saturated carbocycles. The zero-order valence-electron chi connectivity index (χ0n) is 16.9. The van der Waals surface area contributed by atoms with Gasteiger partial charge >= 0.3 is 37.9 Å². The average molecular weight is 498 g/mol. The standard InChI is InChI=1S/C23H29NO.2ClH.Zr/c1-23(2,3)21-15-14-19(17-10-6-4-7-11-17)20(22(21)25)16-24-18-12-8-5-9-13-18;;;/h4,6-7,10-11,14-16,18,25H,5,8-9,12-13H2,1-3H3;2*1H;/q;;;+2/p-2. The maximum atomic E-state index is 11.0. The molecular weight excluding hydrogens is 468 g/mol. The molecule has 0 heterocycles. The summed E-state index contributed by atoms with van der Waals surface area (Å²) in [7, 11) is 9.87. The molecule has 1 aliphatic rings. The molecule has 1 fully saturated rings. The molecule has 0 saturated heterocycles. The van der Waals surface area contributed by atoms with E-state index >= 15 is 0 Å². The van der Waals surface area contributed by atoms with Crippen LogP contribution in [0.1, 0.15) is 64.0 Å². The van der Waals surface area contributed by atoms with E-state index in [1.165, 1.54) is 19.3 Å². The zero-order valence-corrected chi connectivity index (χ0v) is 20.9. The molecular formula is C23H29Cl2NOZr. The van der Waals surface area contributed by atoms with Crippen LogP contribution in [-0.4, -0.2) is 17.4 Å². The third-order valence-corrected chi connectivity index (χ3v) is 5.10. The summed E-state index contributed by atoms with van der Waals surface area (Å²) in [5.74, 6) is 0.369. The van der Waals surface area contributed by atoms with Crippen molar-refractivity contribution in [1.29, 1.82) is 0 Å². The first-order valence-corrected chi connectivity index (χ1v) is 16.1. The third kappa shape index (κ3) is 6.72. The van der Waals surface area contributed by atoms with Gasteiger partial charge in [0.2, 0.25) is 0 Å². The topological polar surface area (TPSA) is 32.6 Å². The van der Waals surface area contributed by atoms with Gasteiger partial charge in [0, 0.05) is 17.8 Å². The van der Waals surface area contributed by atoms with E-state index in [0.29, 0.717) is 11.8 Å². The average Bonchev–Trinajstić information content (AvgIpc) is 2.68. The van der Waals surface area contributed by atoms with Gasteiger partial charge in [-0.15, -0.1) is 0 Å². The number of benzene rings is 2. The summed E-state index contributed by atoms with van der Waals surface area (Å²) in [6, 6.07) is 14.8. The van der Waals surface area contributed by atoms with Crippen LogP contribution < -0.4 is 0 Å². The van der Waals surface area contributed by atoms with Crippen LogP contribution in [0.3, 0.4) is 0 Å².